The Kier molecular flexibility index (Phi) is 13.0. The lowest BCUT2D eigenvalue weighted by Gasteiger charge is -2.36. The zero-order valence-electron chi connectivity index (χ0n) is 31.2. The van der Waals surface area contributed by atoms with Crippen LogP contribution in [0.15, 0.2) is 96.0 Å². The minimum Gasteiger partial charge on any atom is -0.494 e. The van der Waals surface area contributed by atoms with E-state index in [1.165, 1.54) is 11.1 Å². The van der Waals surface area contributed by atoms with Gasteiger partial charge in [0.2, 0.25) is 5.91 Å². The molecule has 1 aliphatic heterocycles. The Labute approximate surface area is 300 Å². The summed E-state index contributed by atoms with van der Waals surface area (Å²) in [6.45, 7) is 20.2. The summed E-state index contributed by atoms with van der Waals surface area (Å²) in [4.78, 5) is 32.1. The number of ether oxygens (including phenoxy) is 1. The fourth-order valence-electron chi connectivity index (χ4n) is 7.07. The van der Waals surface area contributed by atoms with Crippen molar-refractivity contribution in [2.45, 2.75) is 110 Å². The van der Waals surface area contributed by atoms with Gasteiger partial charge in [0.15, 0.2) is 0 Å². The normalized spacial score (nSPS) is 16.3. The summed E-state index contributed by atoms with van der Waals surface area (Å²) >= 11 is 0. The topological polar surface area (TPSA) is 79.2 Å². The maximum absolute atomic E-state index is 13.4. The van der Waals surface area contributed by atoms with Crippen molar-refractivity contribution in [2.24, 2.45) is 4.99 Å². The maximum Gasteiger partial charge on any atom is 0.307 e. The molecule has 6 heteroatoms. The smallest absolute Gasteiger partial charge is 0.307 e. The van der Waals surface area contributed by atoms with E-state index in [2.05, 4.69) is 88.9 Å². The van der Waals surface area contributed by atoms with E-state index in [1.807, 2.05) is 49.9 Å². The molecule has 0 aromatic heterocycles. The fraction of sp³-hybridized carbons (Fsp3) is 0.432. The standard InChI is InChI=1S/C44H56N2O4/c1-9-25-44(31(4)5,37-16-13-15-33(28-37)34-20-23-39(50-11-3)35(27-34)29-42(48)49)26-24-40-45-38(30-41(47)46(40)10-2)17-12-14-32-18-21-36(22-19-32)43(6,7)8/h9,13,15-16,18-23,25,27-28,38H,4,10-12,14,17,24,26,29-30H2,1-3,5-8H3,(H,48,49)/b25-9+. The van der Waals surface area contributed by atoms with E-state index >= 15 is 0 Å². The number of carbonyl (C=O) groups excluding carboxylic acids is 1. The SMILES string of the molecule is C=C(C)C(/C=C/C)(CCC1=NC(CCCc2ccc(C(C)(C)C)cc2)CC(=O)N1CC)c1cccc(-c2ccc(OCC)c(CC(=O)O)c2)c1. The minimum absolute atomic E-state index is 0.0157. The molecular weight excluding hydrogens is 620 g/mol. The summed E-state index contributed by atoms with van der Waals surface area (Å²) < 4.78 is 5.73. The highest BCUT2D eigenvalue weighted by Crippen LogP contribution is 2.40. The average Bonchev–Trinajstić information content (AvgIpc) is 3.07. The number of allylic oxidation sites excluding steroid dienone is 3. The number of carboxylic acid groups (broad SMARTS) is 1. The number of nitrogens with zero attached hydrogens (tertiary/aromatic N) is 2. The lowest BCUT2D eigenvalue weighted by atomic mass is 9.71. The van der Waals surface area contributed by atoms with Crippen molar-refractivity contribution < 1.29 is 19.4 Å². The maximum atomic E-state index is 13.4. The molecule has 1 amide bonds. The molecule has 1 heterocycles. The molecule has 0 fully saturated rings. The van der Waals surface area contributed by atoms with Gasteiger partial charge in [-0.2, -0.15) is 0 Å². The molecule has 3 aromatic rings. The van der Waals surface area contributed by atoms with Gasteiger partial charge in [0, 0.05) is 30.4 Å². The summed E-state index contributed by atoms with van der Waals surface area (Å²) in [5.41, 5.74) is 6.97. The average molecular weight is 677 g/mol. The number of carbonyl (C=O) groups is 2. The van der Waals surface area contributed by atoms with Gasteiger partial charge in [-0.15, -0.1) is 0 Å². The third kappa shape index (κ3) is 9.41. The van der Waals surface area contributed by atoms with E-state index in [0.29, 0.717) is 43.7 Å². The van der Waals surface area contributed by atoms with Crippen LogP contribution in [0.1, 0.15) is 103 Å². The zero-order valence-corrected chi connectivity index (χ0v) is 31.2. The van der Waals surface area contributed by atoms with Crippen LogP contribution in [0.5, 0.6) is 5.75 Å². The van der Waals surface area contributed by atoms with Crippen LogP contribution in [0.3, 0.4) is 0 Å². The quantitative estimate of drug-likeness (QED) is 0.153. The number of benzene rings is 3. The molecule has 0 saturated heterocycles. The first kappa shape index (κ1) is 38.4. The van der Waals surface area contributed by atoms with Gasteiger partial charge in [-0.1, -0.05) is 93.6 Å². The monoisotopic (exact) mass is 676 g/mol. The van der Waals surface area contributed by atoms with Gasteiger partial charge in [-0.3, -0.25) is 14.6 Å². The molecule has 4 rings (SSSR count). The second kappa shape index (κ2) is 17.0. The molecule has 6 nitrogen and oxygen atoms in total. The van der Waals surface area contributed by atoms with Crippen molar-refractivity contribution >= 4 is 17.7 Å². The number of amidine groups is 1. The van der Waals surface area contributed by atoms with E-state index in [-0.39, 0.29) is 23.8 Å². The van der Waals surface area contributed by atoms with Crippen LogP contribution in [0.4, 0.5) is 0 Å². The van der Waals surface area contributed by atoms with Gasteiger partial charge in [0.1, 0.15) is 11.6 Å². The molecule has 0 radical (unpaired) electrons. The molecule has 2 atom stereocenters. The van der Waals surface area contributed by atoms with Crippen LogP contribution >= 0.6 is 0 Å². The first-order valence-corrected chi connectivity index (χ1v) is 18.2. The highest BCUT2D eigenvalue weighted by molar-refractivity contribution is 6.00. The Morgan fingerprint density at radius 2 is 1.74 bits per heavy atom. The molecule has 0 bridgehead atoms. The van der Waals surface area contributed by atoms with Gasteiger partial charge >= 0.3 is 5.97 Å². The Balaban J connectivity index is 1.58. The summed E-state index contributed by atoms with van der Waals surface area (Å²) in [5, 5.41) is 9.54. The fourth-order valence-corrected chi connectivity index (χ4v) is 7.07. The van der Waals surface area contributed by atoms with Crippen LogP contribution in [0.2, 0.25) is 0 Å². The molecule has 0 saturated carbocycles. The Morgan fingerprint density at radius 3 is 2.36 bits per heavy atom. The highest BCUT2D eigenvalue weighted by Gasteiger charge is 2.34. The van der Waals surface area contributed by atoms with Crippen molar-refractivity contribution in [1.29, 1.82) is 0 Å². The second-order valence-corrected chi connectivity index (χ2v) is 14.5. The third-order valence-corrected chi connectivity index (χ3v) is 9.86. The van der Waals surface area contributed by atoms with Gasteiger partial charge in [0.05, 0.1) is 19.1 Å². The number of aryl methyl sites for hydroxylation is 1. The van der Waals surface area contributed by atoms with Crippen LogP contribution in [0, 0.1) is 0 Å². The predicted octanol–water partition coefficient (Wildman–Crippen LogP) is 9.89. The van der Waals surface area contributed by atoms with Crippen LogP contribution < -0.4 is 4.74 Å². The van der Waals surface area contributed by atoms with Crippen molar-refractivity contribution in [3.05, 3.63) is 113 Å². The van der Waals surface area contributed by atoms with E-state index in [1.54, 1.807) is 0 Å². The highest BCUT2D eigenvalue weighted by atomic mass is 16.5. The summed E-state index contributed by atoms with van der Waals surface area (Å²) in [6.07, 6.45) is 8.81. The number of amides is 1. The Hall–Kier alpha value is -4.45. The zero-order chi connectivity index (χ0) is 36.5. The number of hydrogen-bond acceptors (Lipinski definition) is 4. The lowest BCUT2D eigenvalue weighted by molar-refractivity contribution is -0.136. The minimum atomic E-state index is -0.899. The van der Waals surface area contributed by atoms with E-state index in [4.69, 9.17) is 9.73 Å². The second-order valence-electron chi connectivity index (χ2n) is 14.5. The first-order chi connectivity index (χ1) is 23.8. The van der Waals surface area contributed by atoms with E-state index in [9.17, 15) is 14.7 Å². The van der Waals surface area contributed by atoms with Gasteiger partial charge < -0.3 is 14.7 Å². The summed E-state index contributed by atoms with van der Waals surface area (Å²) in [6, 6.07) is 23.1. The number of hydrogen-bond donors (Lipinski definition) is 1. The molecule has 266 valence electrons. The first-order valence-electron chi connectivity index (χ1n) is 18.2. The number of carboxylic acids is 1. The van der Waals surface area contributed by atoms with Crippen molar-refractivity contribution in [2.75, 3.05) is 13.2 Å². The van der Waals surface area contributed by atoms with Crippen LogP contribution in [-0.4, -0.2) is 46.9 Å². The van der Waals surface area contributed by atoms with Gasteiger partial charge in [-0.05, 0) is 105 Å². The largest absolute Gasteiger partial charge is 0.494 e. The van der Waals surface area contributed by atoms with Crippen LogP contribution in [-0.2, 0) is 33.3 Å². The Morgan fingerprint density at radius 1 is 1.02 bits per heavy atom. The molecule has 1 aliphatic rings. The molecule has 0 aliphatic carbocycles. The van der Waals surface area contributed by atoms with Gasteiger partial charge in [0.25, 0.3) is 0 Å². The molecule has 2 unspecified atom stereocenters. The number of aliphatic imine (C=N–C) groups is 1. The van der Waals surface area contributed by atoms with Crippen LogP contribution in [0.25, 0.3) is 11.1 Å². The molecule has 3 aromatic carbocycles. The lowest BCUT2D eigenvalue weighted by Crippen LogP contribution is -2.43. The summed E-state index contributed by atoms with van der Waals surface area (Å²) in [5.74, 6) is 0.707. The van der Waals surface area contributed by atoms with Crippen molar-refractivity contribution in [3.63, 3.8) is 0 Å². The molecule has 0 spiro atoms. The molecular formula is C44H56N2O4. The van der Waals surface area contributed by atoms with Gasteiger partial charge in [-0.25, -0.2) is 0 Å². The van der Waals surface area contributed by atoms with E-state index < -0.39 is 11.4 Å². The molecule has 50 heavy (non-hydrogen) atoms. The van der Waals surface area contributed by atoms with Crippen molar-refractivity contribution in [1.82, 2.24) is 4.90 Å². The van der Waals surface area contributed by atoms with Crippen molar-refractivity contribution in [3.8, 4) is 16.9 Å². The Bertz CT molecular complexity index is 1710. The number of rotatable bonds is 16. The van der Waals surface area contributed by atoms with E-state index in [0.717, 1.165) is 47.4 Å². The number of aliphatic carboxylic acids is 1. The molecule has 1 N–H and O–H groups in total. The third-order valence-electron chi connectivity index (χ3n) is 9.86. The summed E-state index contributed by atoms with van der Waals surface area (Å²) in [7, 11) is 0. The predicted molar refractivity (Wildman–Crippen MR) is 206 cm³/mol.